The fraction of sp³-hybridized carbons (Fsp3) is 0.130. The summed E-state index contributed by atoms with van der Waals surface area (Å²) in [5, 5.41) is 22.8. The Morgan fingerprint density at radius 3 is 2.82 bits per heavy atom. The Morgan fingerprint density at radius 1 is 1.21 bits per heavy atom. The van der Waals surface area contributed by atoms with Crippen LogP contribution >= 0.6 is 11.6 Å². The van der Waals surface area contributed by atoms with Gasteiger partial charge in [-0.2, -0.15) is 5.10 Å². The molecule has 1 amide bonds. The highest BCUT2D eigenvalue weighted by Crippen LogP contribution is 2.33. The van der Waals surface area contributed by atoms with E-state index in [-0.39, 0.29) is 5.91 Å². The van der Waals surface area contributed by atoms with E-state index < -0.39 is 0 Å². The summed E-state index contributed by atoms with van der Waals surface area (Å²) in [6.07, 6.45) is 4.94. The van der Waals surface area contributed by atoms with Crippen LogP contribution < -0.4 is 15.4 Å². The lowest BCUT2D eigenvalue weighted by Gasteiger charge is -2.11. The van der Waals surface area contributed by atoms with Crippen molar-refractivity contribution in [2.75, 3.05) is 17.7 Å². The van der Waals surface area contributed by atoms with Gasteiger partial charge in [-0.25, -0.2) is 4.68 Å². The standard InChI is InChI=1S/C23H20ClN7O3/c1-12-10-31(29-22(12)26-18-7-6-17-16(21(18)24)9-25-28-17)14-4-5-15(20(8-14)33-3)23(32)27-19-11-34-30-13(19)2/h4-11H,1-3H3,(H,25,28)(H,26,29)(H,27,32). The number of rotatable bonds is 6. The first-order valence-corrected chi connectivity index (χ1v) is 10.7. The van der Waals surface area contributed by atoms with E-state index in [0.29, 0.717) is 33.5 Å². The summed E-state index contributed by atoms with van der Waals surface area (Å²) in [6.45, 7) is 3.68. The maximum atomic E-state index is 12.7. The molecule has 0 unspecified atom stereocenters. The second-order valence-electron chi connectivity index (χ2n) is 7.64. The smallest absolute Gasteiger partial charge is 0.259 e. The molecule has 11 heteroatoms. The SMILES string of the molecule is COc1cc(-n2cc(C)c(Nc3ccc4[nH]ncc4c3Cl)n2)ccc1C(=O)Nc1conc1C. The van der Waals surface area contributed by atoms with Crippen molar-refractivity contribution in [3.8, 4) is 11.4 Å². The number of nitrogens with one attached hydrogen (secondary N) is 3. The molecule has 3 heterocycles. The fourth-order valence-corrected chi connectivity index (χ4v) is 3.80. The first-order valence-electron chi connectivity index (χ1n) is 10.3. The minimum Gasteiger partial charge on any atom is -0.496 e. The molecule has 3 N–H and O–H groups in total. The highest BCUT2D eigenvalue weighted by atomic mass is 35.5. The van der Waals surface area contributed by atoms with Crippen LogP contribution in [0.4, 0.5) is 17.2 Å². The minimum atomic E-state index is -0.335. The van der Waals surface area contributed by atoms with E-state index >= 15 is 0 Å². The average molecular weight is 478 g/mol. The topological polar surface area (TPSA) is 123 Å². The Bertz CT molecular complexity index is 1520. The molecule has 0 saturated heterocycles. The van der Waals surface area contributed by atoms with Crippen LogP contribution in [0.5, 0.6) is 5.75 Å². The van der Waals surface area contributed by atoms with Gasteiger partial charge < -0.3 is 19.9 Å². The first kappa shape index (κ1) is 21.5. The molecular formula is C23H20ClN7O3. The van der Waals surface area contributed by atoms with Crippen molar-refractivity contribution in [1.29, 1.82) is 0 Å². The van der Waals surface area contributed by atoms with Crippen molar-refractivity contribution in [2.24, 2.45) is 0 Å². The number of methoxy groups -OCH3 is 1. The Balaban J connectivity index is 1.41. The predicted octanol–water partition coefficient (Wildman–Crippen LogP) is 5.01. The van der Waals surface area contributed by atoms with Gasteiger partial charge in [0, 0.05) is 23.2 Å². The Morgan fingerprint density at radius 2 is 2.06 bits per heavy atom. The zero-order chi connectivity index (χ0) is 23.8. The number of aromatic amines is 1. The van der Waals surface area contributed by atoms with Crippen LogP contribution in [0.25, 0.3) is 16.6 Å². The van der Waals surface area contributed by atoms with Gasteiger partial charge in [-0.1, -0.05) is 16.8 Å². The number of amides is 1. The van der Waals surface area contributed by atoms with Crippen LogP contribution in [0.15, 0.2) is 53.5 Å². The molecule has 3 aromatic heterocycles. The first-order chi connectivity index (χ1) is 16.4. The van der Waals surface area contributed by atoms with Crippen LogP contribution in [0.1, 0.15) is 21.6 Å². The van der Waals surface area contributed by atoms with Crippen LogP contribution in [0.3, 0.4) is 0 Å². The molecule has 0 spiro atoms. The third kappa shape index (κ3) is 3.84. The maximum absolute atomic E-state index is 12.7. The summed E-state index contributed by atoms with van der Waals surface area (Å²) in [7, 11) is 1.51. The number of nitrogens with zero attached hydrogens (tertiary/aromatic N) is 4. The van der Waals surface area contributed by atoms with Gasteiger partial charge in [-0.3, -0.25) is 9.89 Å². The lowest BCUT2D eigenvalue weighted by atomic mass is 10.1. The van der Waals surface area contributed by atoms with Crippen molar-refractivity contribution in [3.63, 3.8) is 0 Å². The van der Waals surface area contributed by atoms with Gasteiger partial charge in [0.25, 0.3) is 5.91 Å². The number of fused-ring (bicyclic) bond motifs is 1. The Labute approximate surface area is 198 Å². The molecule has 0 atom stereocenters. The number of hydrogen-bond acceptors (Lipinski definition) is 7. The summed E-state index contributed by atoms with van der Waals surface area (Å²) in [5.74, 6) is 0.715. The van der Waals surface area contributed by atoms with Crippen molar-refractivity contribution in [2.45, 2.75) is 13.8 Å². The minimum absolute atomic E-state index is 0.335. The fourth-order valence-electron chi connectivity index (χ4n) is 3.54. The van der Waals surface area contributed by atoms with Crippen molar-refractivity contribution in [1.82, 2.24) is 25.1 Å². The van der Waals surface area contributed by atoms with E-state index in [9.17, 15) is 4.79 Å². The maximum Gasteiger partial charge on any atom is 0.259 e. The number of carbonyl (C=O) groups excluding carboxylic acids is 1. The largest absolute Gasteiger partial charge is 0.496 e. The third-order valence-electron chi connectivity index (χ3n) is 5.40. The van der Waals surface area contributed by atoms with Crippen LogP contribution in [-0.4, -0.2) is 38.2 Å². The molecule has 5 aromatic rings. The second-order valence-corrected chi connectivity index (χ2v) is 8.02. The second kappa shape index (κ2) is 8.56. The van der Waals surface area contributed by atoms with Crippen LogP contribution in [-0.2, 0) is 0 Å². The van der Waals surface area contributed by atoms with Gasteiger partial charge in [0.2, 0.25) is 0 Å². The highest BCUT2D eigenvalue weighted by Gasteiger charge is 2.17. The van der Waals surface area contributed by atoms with E-state index in [1.54, 1.807) is 36.0 Å². The molecular weight excluding hydrogens is 458 g/mol. The lowest BCUT2D eigenvalue weighted by Crippen LogP contribution is -2.14. The lowest BCUT2D eigenvalue weighted by molar-refractivity contribution is 0.102. The number of hydrogen-bond donors (Lipinski definition) is 3. The van der Waals surface area contributed by atoms with Gasteiger partial charge in [-0.05, 0) is 38.1 Å². The number of ether oxygens (including phenoxy) is 1. The van der Waals surface area contributed by atoms with Crippen molar-refractivity contribution >= 4 is 45.6 Å². The number of aromatic nitrogens is 5. The van der Waals surface area contributed by atoms with E-state index in [1.165, 1.54) is 13.4 Å². The van der Waals surface area contributed by atoms with E-state index in [4.69, 9.17) is 20.9 Å². The van der Waals surface area contributed by atoms with E-state index in [1.807, 2.05) is 25.3 Å². The summed E-state index contributed by atoms with van der Waals surface area (Å²) in [6, 6.07) is 8.99. The Hall–Kier alpha value is -4.31. The highest BCUT2D eigenvalue weighted by molar-refractivity contribution is 6.38. The molecule has 0 aliphatic heterocycles. The normalized spacial score (nSPS) is 11.1. The number of carbonyl (C=O) groups is 1. The molecule has 34 heavy (non-hydrogen) atoms. The molecule has 172 valence electrons. The quantitative estimate of drug-likeness (QED) is 0.314. The molecule has 0 saturated carbocycles. The van der Waals surface area contributed by atoms with Gasteiger partial charge in [0.15, 0.2) is 5.82 Å². The monoisotopic (exact) mass is 477 g/mol. The molecule has 0 fully saturated rings. The van der Waals surface area contributed by atoms with Gasteiger partial charge >= 0.3 is 0 Å². The number of benzene rings is 2. The molecule has 10 nitrogen and oxygen atoms in total. The number of H-pyrrole nitrogens is 1. The summed E-state index contributed by atoms with van der Waals surface area (Å²) in [4.78, 5) is 12.7. The van der Waals surface area contributed by atoms with Crippen molar-refractivity contribution < 1.29 is 14.1 Å². The molecule has 0 aliphatic carbocycles. The average Bonchev–Trinajstić information content (AvgIpc) is 3.56. The van der Waals surface area contributed by atoms with E-state index in [0.717, 1.165) is 27.8 Å². The number of aryl methyl sites for hydroxylation is 2. The third-order valence-corrected chi connectivity index (χ3v) is 5.81. The zero-order valence-electron chi connectivity index (χ0n) is 18.5. The van der Waals surface area contributed by atoms with Crippen molar-refractivity contribution in [3.05, 3.63) is 70.8 Å². The molecule has 2 aromatic carbocycles. The van der Waals surface area contributed by atoms with Gasteiger partial charge in [0.05, 0.1) is 40.8 Å². The van der Waals surface area contributed by atoms with Gasteiger partial charge in [-0.15, -0.1) is 5.10 Å². The van der Waals surface area contributed by atoms with Crippen LogP contribution in [0, 0.1) is 13.8 Å². The molecule has 5 rings (SSSR count). The van der Waals surface area contributed by atoms with Crippen LogP contribution in [0.2, 0.25) is 5.02 Å². The Kier molecular flexibility index (Phi) is 5.42. The number of anilines is 3. The number of halogens is 1. The molecule has 0 aliphatic rings. The molecule has 0 radical (unpaired) electrons. The summed E-state index contributed by atoms with van der Waals surface area (Å²) in [5.41, 5.74) is 4.67. The molecule has 0 bridgehead atoms. The van der Waals surface area contributed by atoms with Gasteiger partial charge in [0.1, 0.15) is 23.4 Å². The van der Waals surface area contributed by atoms with E-state index in [2.05, 4.69) is 31.1 Å². The predicted molar refractivity (Wildman–Crippen MR) is 128 cm³/mol. The summed E-state index contributed by atoms with van der Waals surface area (Å²) < 4.78 is 12.1. The zero-order valence-corrected chi connectivity index (χ0v) is 19.3. The summed E-state index contributed by atoms with van der Waals surface area (Å²) >= 11 is 6.53.